The first-order valence-corrected chi connectivity index (χ1v) is 6.69. The van der Waals surface area contributed by atoms with E-state index in [9.17, 15) is 4.79 Å². The lowest BCUT2D eigenvalue weighted by Gasteiger charge is -1.93. The number of aliphatic carboxylic acids is 1. The third kappa shape index (κ3) is 1.91. The van der Waals surface area contributed by atoms with Crippen molar-refractivity contribution >= 4 is 44.5 Å². The molecule has 1 N–H and O–H groups in total. The van der Waals surface area contributed by atoms with Crippen LogP contribution in [0.3, 0.4) is 0 Å². The van der Waals surface area contributed by atoms with Crippen LogP contribution in [0.2, 0.25) is 0 Å². The van der Waals surface area contributed by atoms with E-state index in [-0.39, 0.29) is 0 Å². The molecular formula is C10H7N3O2S2. The monoisotopic (exact) mass is 265 g/mol. The highest BCUT2D eigenvalue weighted by Crippen LogP contribution is 2.28. The number of thiazole rings is 1. The van der Waals surface area contributed by atoms with Crippen molar-refractivity contribution in [1.29, 1.82) is 0 Å². The Morgan fingerprint density at radius 1 is 1.53 bits per heavy atom. The highest BCUT2D eigenvalue weighted by atomic mass is 32.2. The van der Waals surface area contributed by atoms with Crippen molar-refractivity contribution in [3.05, 3.63) is 23.3 Å². The first-order valence-electron chi connectivity index (χ1n) is 4.89. The van der Waals surface area contributed by atoms with Crippen molar-refractivity contribution in [2.75, 3.05) is 5.75 Å². The van der Waals surface area contributed by atoms with Gasteiger partial charge in [-0.25, -0.2) is 14.8 Å². The molecule has 0 saturated heterocycles. The molecule has 86 valence electrons. The average molecular weight is 265 g/mol. The second-order valence-electron chi connectivity index (χ2n) is 3.45. The van der Waals surface area contributed by atoms with Gasteiger partial charge in [0.1, 0.15) is 15.4 Å². The van der Waals surface area contributed by atoms with Gasteiger partial charge < -0.3 is 5.11 Å². The van der Waals surface area contributed by atoms with Gasteiger partial charge in [0.15, 0.2) is 11.0 Å². The Hall–Kier alpha value is -1.47. The summed E-state index contributed by atoms with van der Waals surface area (Å²) in [5.74, 6) is -0.402. The molecule has 3 rings (SSSR count). The molecule has 0 saturated carbocycles. The summed E-state index contributed by atoms with van der Waals surface area (Å²) in [6.45, 7) is 0. The molecular weight excluding hydrogens is 258 g/mol. The van der Waals surface area contributed by atoms with Gasteiger partial charge in [0.05, 0.1) is 0 Å². The number of hydrogen-bond donors (Lipinski definition) is 1. The van der Waals surface area contributed by atoms with Crippen LogP contribution in [0.25, 0.3) is 10.3 Å². The lowest BCUT2D eigenvalue weighted by Crippen LogP contribution is -2.17. The Bertz CT molecular complexity index is 590. The standard InChI is InChI=1S/C10H7N3O2S2/c14-10(15)6-4-16-8(13-6)9-12-5-2-1-3-11-7(5)17-9/h1-3,6H,4H2,(H,14,15). The van der Waals surface area contributed by atoms with Crippen LogP contribution in [0.1, 0.15) is 5.01 Å². The van der Waals surface area contributed by atoms with Gasteiger partial charge in [-0.1, -0.05) is 11.3 Å². The molecule has 0 bridgehead atoms. The molecule has 0 fully saturated rings. The first-order chi connectivity index (χ1) is 8.24. The van der Waals surface area contributed by atoms with E-state index in [1.54, 1.807) is 6.20 Å². The van der Waals surface area contributed by atoms with Gasteiger partial charge in [0.25, 0.3) is 0 Å². The molecule has 0 amide bonds. The largest absolute Gasteiger partial charge is 0.480 e. The van der Waals surface area contributed by atoms with Crippen LogP contribution >= 0.6 is 23.1 Å². The smallest absolute Gasteiger partial charge is 0.329 e. The summed E-state index contributed by atoms with van der Waals surface area (Å²) in [5, 5.41) is 10.3. The van der Waals surface area contributed by atoms with E-state index >= 15 is 0 Å². The van der Waals surface area contributed by atoms with Gasteiger partial charge in [-0.3, -0.25) is 4.99 Å². The Balaban J connectivity index is 1.99. The molecule has 2 aromatic rings. The minimum atomic E-state index is -0.883. The molecule has 1 aliphatic rings. The van der Waals surface area contributed by atoms with Gasteiger partial charge in [-0.2, -0.15) is 0 Å². The average Bonchev–Trinajstić information content (AvgIpc) is 2.95. The number of carbonyl (C=O) groups is 1. The third-order valence-corrected chi connectivity index (χ3v) is 4.46. The quantitative estimate of drug-likeness (QED) is 0.893. The van der Waals surface area contributed by atoms with E-state index in [2.05, 4.69) is 15.0 Å². The van der Waals surface area contributed by atoms with Gasteiger partial charge >= 0.3 is 5.97 Å². The lowest BCUT2D eigenvalue weighted by atomic mass is 10.4. The zero-order valence-corrected chi connectivity index (χ0v) is 10.2. The van der Waals surface area contributed by atoms with Crippen LogP contribution in [0, 0.1) is 0 Å². The zero-order chi connectivity index (χ0) is 11.8. The maximum Gasteiger partial charge on any atom is 0.329 e. The van der Waals surface area contributed by atoms with E-state index in [0.717, 1.165) is 15.4 Å². The molecule has 0 aliphatic carbocycles. The second-order valence-corrected chi connectivity index (χ2v) is 5.43. The number of carboxylic acid groups (broad SMARTS) is 1. The van der Waals surface area contributed by atoms with Crippen molar-refractivity contribution < 1.29 is 9.90 Å². The number of thioether (sulfide) groups is 1. The summed E-state index contributed by atoms with van der Waals surface area (Å²) in [4.78, 5) is 24.4. The van der Waals surface area contributed by atoms with Crippen LogP contribution in [0.5, 0.6) is 0 Å². The number of hydrogen-bond acceptors (Lipinski definition) is 6. The fourth-order valence-corrected chi connectivity index (χ4v) is 3.48. The number of aromatic nitrogens is 2. The zero-order valence-electron chi connectivity index (χ0n) is 8.53. The van der Waals surface area contributed by atoms with E-state index in [1.165, 1.54) is 23.1 Å². The Labute approximate surface area is 105 Å². The summed E-state index contributed by atoms with van der Waals surface area (Å²) in [6.07, 6.45) is 1.72. The molecule has 2 aromatic heterocycles. The van der Waals surface area contributed by atoms with Crippen molar-refractivity contribution in [3.8, 4) is 0 Å². The predicted octanol–water partition coefficient (Wildman–Crippen LogP) is 1.64. The Morgan fingerprint density at radius 3 is 3.12 bits per heavy atom. The van der Waals surface area contributed by atoms with E-state index in [4.69, 9.17) is 5.11 Å². The normalized spacial score (nSPS) is 19.5. The molecule has 5 nitrogen and oxygen atoms in total. The number of aliphatic imine (C=N–C) groups is 1. The van der Waals surface area contributed by atoms with Crippen molar-refractivity contribution in [2.45, 2.75) is 6.04 Å². The van der Waals surface area contributed by atoms with Crippen LogP contribution < -0.4 is 0 Å². The fraction of sp³-hybridized carbons (Fsp3) is 0.200. The minimum Gasteiger partial charge on any atom is -0.480 e. The molecule has 1 aliphatic heterocycles. The minimum absolute atomic E-state index is 0.480. The fourth-order valence-electron chi connectivity index (χ4n) is 1.48. The van der Waals surface area contributed by atoms with Gasteiger partial charge in [0.2, 0.25) is 0 Å². The summed E-state index contributed by atoms with van der Waals surface area (Å²) >= 11 is 2.88. The van der Waals surface area contributed by atoms with Crippen molar-refractivity contribution in [1.82, 2.24) is 9.97 Å². The van der Waals surface area contributed by atoms with Crippen LogP contribution in [0.15, 0.2) is 23.3 Å². The molecule has 0 radical (unpaired) electrons. The lowest BCUT2D eigenvalue weighted by molar-refractivity contribution is -0.137. The highest BCUT2D eigenvalue weighted by molar-refractivity contribution is 8.15. The van der Waals surface area contributed by atoms with E-state index in [0.29, 0.717) is 10.8 Å². The molecule has 7 heteroatoms. The predicted molar refractivity (Wildman–Crippen MR) is 67.8 cm³/mol. The summed E-state index contributed by atoms with van der Waals surface area (Å²) < 4.78 is 0. The van der Waals surface area contributed by atoms with Gasteiger partial charge in [-0.05, 0) is 12.1 Å². The van der Waals surface area contributed by atoms with Crippen LogP contribution in [0.4, 0.5) is 0 Å². The van der Waals surface area contributed by atoms with Crippen LogP contribution in [-0.4, -0.2) is 37.9 Å². The molecule has 0 spiro atoms. The summed E-state index contributed by atoms with van der Waals surface area (Å²) in [5.41, 5.74) is 0.828. The number of carboxylic acids is 1. The first kappa shape index (κ1) is 10.7. The topological polar surface area (TPSA) is 75.4 Å². The molecule has 1 unspecified atom stereocenters. The highest BCUT2D eigenvalue weighted by Gasteiger charge is 2.26. The van der Waals surface area contributed by atoms with Crippen molar-refractivity contribution in [2.24, 2.45) is 4.99 Å². The number of fused-ring (bicyclic) bond motifs is 1. The molecule has 0 aromatic carbocycles. The third-order valence-electron chi connectivity index (χ3n) is 2.29. The summed E-state index contributed by atoms with van der Waals surface area (Å²) in [6, 6.07) is 3.07. The van der Waals surface area contributed by atoms with Crippen molar-refractivity contribution in [3.63, 3.8) is 0 Å². The van der Waals surface area contributed by atoms with Crippen LogP contribution in [-0.2, 0) is 4.79 Å². The summed E-state index contributed by atoms with van der Waals surface area (Å²) in [7, 11) is 0. The van der Waals surface area contributed by atoms with E-state index in [1.807, 2.05) is 12.1 Å². The Kier molecular flexibility index (Phi) is 2.56. The van der Waals surface area contributed by atoms with E-state index < -0.39 is 12.0 Å². The Morgan fingerprint density at radius 2 is 2.41 bits per heavy atom. The van der Waals surface area contributed by atoms with Gasteiger partial charge in [-0.15, -0.1) is 11.8 Å². The SMILES string of the molecule is O=C(O)C1CSC(c2nc3cccnc3s2)=N1. The van der Waals surface area contributed by atoms with Gasteiger partial charge in [0, 0.05) is 11.9 Å². The molecule has 17 heavy (non-hydrogen) atoms. The molecule has 1 atom stereocenters. The number of nitrogens with zero attached hydrogens (tertiary/aromatic N) is 3. The maximum atomic E-state index is 10.8. The number of rotatable bonds is 2. The second kappa shape index (κ2) is 4.08. The maximum absolute atomic E-state index is 10.8. The molecule has 3 heterocycles. The number of pyridine rings is 1.